The highest BCUT2D eigenvalue weighted by Crippen LogP contribution is 2.30. The van der Waals surface area contributed by atoms with Gasteiger partial charge in [0.25, 0.3) is 5.56 Å². The summed E-state index contributed by atoms with van der Waals surface area (Å²) >= 11 is 0. The third kappa shape index (κ3) is 4.12. The maximum atomic E-state index is 14.4. The molecule has 4 rings (SSSR count). The molecule has 0 atom stereocenters. The fourth-order valence-electron chi connectivity index (χ4n) is 3.94. The zero-order chi connectivity index (χ0) is 24.1. The van der Waals surface area contributed by atoms with Gasteiger partial charge in [0, 0.05) is 24.6 Å². The summed E-state index contributed by atoms with van der Waals surface area (Å²) in [4.78, 5) is 31.1. The summed E-state index contributed by atoms with van der Waals surface area (Å²) in [6.45, 7) is 11.1. The summed E-state index contributed by atoms with van der Waals surface area (Å²) in [5, 5.41) is 6.42. The smallest absolute Gasteiger partial charge is 0.297 e. The van der Waals surface area contributed by atoms with Crippen molar-refractivity contribution in [3.63, 3.8) is 0 Å². The van der Waals surface area contributed by atoms with Gasteiger partial charge < -0.3 is 0 Å². The lowest BCUT2D eigenvalue weighted by molar-refractivity contribution is 0.487. The van der Waals surface area contributed by atoms with Crippen molar-refractivity contribution in [3.05, 3.63) is 56.5 Å². The van der Waals surface area contributed by atoms with Crippen LogP contribution in [0.25, 0.3) is 11.2 Å². The molecule has 33 heavy (non-hydrogen) atoms. The summed E-state index contributed by atoms with van der Waals surface area (Å²) < 4.78 is 19.0. The van der Waals surface area contributed by atoms with Gasteiger partial charge in [0.15, 0.2) is 11.2 Å². The Kier molecular flexibility index (Phi) is 5.76. The second-order valence-electron chi connectivity index (χ2n) is 10.1. The lowest BCUT2D eigenvalue weighted by Crippen LogP contribution is -2.41. The van der Waals surface area contributed by atoms with E-state index >= 15 is 0 Å². The molecule has 0 fully saturated rings. The van der Waals surface area contributed by atoms with E-state index in [1.807, 2.05) is 25.3 Å². The standard InChI is InChI=1S/C24H31FN6O2/c1-15(2)11-12-29-21(32)19-20(28(6)23(29)33)26-22-30(19)14-18(24(3,4)5)27-31(22)13-16-9-7-8-10-17(16)25/h7-10,15H,11-14H2,1-6H3. The third-order valence-corrected chi connectivity index (χ3v) is 6.07. The molecule has 2 aromatic heterocycles. The molecule has 0 spiro atoms. The van der Waals surface area contributed by atoms with Gasteiger partial charge in [0.1, 0.15) is 5.82 Å². The van der Waals surface area contributed by atoms with Crippen molar-refractivity contribution in [2.75, 3.05) is 5.01 Å². The highest BCUT2D eigenvalue weighted by atomic mass is 19.1. The fraction of sp³-hybridized carbons (Fsp3) is 0.500. The molecule has 176 valence electrons. The number of hydrogen-bond donors (Lipinski definition) is 0. The molecule has 0 amide bonds. The Bertz CT molecular complexity index is 1360. The summed E-state index contributed by atoms with van der Waals surface area (Å²) in [6, 6.07) is 6.53. The van der Waals surface area contributed by atoms with E-state index in [-0.39, 0.29) is 29.0 Å². The molecule has 1 aliphatic heterocycles. The van der Waals surface area contributed by atoms with E-state index in [4.69, 9.17) is 5.10 Å². The molecule has 0 N–H and O–H groups in total. The van der Waals surface area contributed by atoms with Crippen LogP contribution >= 0.6 is 0 Å². The largest absolute Gasteiger partial charge is 0.332 e. The van der Waals surface area contributed by atoms with E-state index in [9.17, 15) is 14.0 Å². The van der Waals surface area contributed by atoms with Gasteiger partial charge in [0.2, 0.25) is 5.95 Å². The summed E-state index contributed by atoms with van der Waals surface area (Å²) in [5.41, 5.74) is 0.968. The van der Waals surface area contributed by atoms with E-state index in [0.29, 0.717) is 41.7 Å². The quantitative estimate of drug-likeness (QED) is 0.591. The van der Waals surface area contributed by atoms with Crippen LogP contribution in [-0.2, 0) is 26.7 Å². The van der Waals surface area contributed by atoms with Crippen molar-refractivity contribution >= 4 is 22.8 Å². The average molecular weight is 455 g/mol. The van der Waals surface area contributed by atoms with Gasteiger partial charge in [-0.3, -0.25) is 18.5 Å². The van der Waals surface area contributed by atoms with Crippen LogP contribution in [0, 0.1) is 17.2 Å². The number of aryl methyl sites for hydroxylation is 1. The minimum Gasteiger partial charge on any atom is -0.297 e. The SMILES string of the molecule is CC(C)CCn1c(=O)c2c(nc3n2CC(C(C)(C)C)=NN3Cc2ccccc2F)n(C)c1=O. The van der Waals surface area contributed by atoms with Crippen LogP contribution in [0.5, 0.6) is 0 Å². The molecule has 0 saturated carbocycles. The van der Waals surface area contributed by atoms with Crippen molar-refractivity contribution in [1.82, 2.24) is 18.7 Å². The number of rotatable bonds is 5. The molecule has 0 saturated heterocycles. The first-order valence-electron chi connectivity index (χ1n) is 11.3. The lowest BCUT2D eigenvalue weighted by Gasteiger charge is -2.31. The normalized spacial score (nSPS) is 14.2. The number of benzene rings is 1. The molecular formula is C24H31FN6O2. The summed E-state index contributed by atoms with van der Waals surface area (Å²) in [7, 11) is 1.63. The number of fused-ring (bicyclic) bond motifs is 3. The topological polar surface area (TPSA) is 77.4 Å². The Morgan fingerprint density at radius 3 is 2.48 bits per heavy atom. The minimum absolute atomic E-state index is 0.158. The van der Waals surface area contributed by atoms with Gasteiger partial charge in [0.05, 0.1) is 18.8 Å². The Morgan fingerprint density at radius 2 is 1.85 bits per heavy atom. The van der Waals surface area contributed by atoms with Crippen LogP contribution in [0.3, 0.4) is 0 Å². The van der Waals surface area contributed by atoms with Crippen molar-refractivity contribution < 1.29 is 4.39 Å². The summed E-state index contributed by atoms with van der Waals surface area (Å²) in [5.74, 6) is 0.448. The predicted molar refractivity (Wildman–Crippen MR) is 128 cm³/mol. The first-order chi connectivity index (χ1) is 15.5. The molecule has 0 unspecified atom stereocenters. The van der Waals surface area contributed by atoms with Gasteiger partial charge in [-0.15, -0.1) is 0 Å². The number of halogens is 1. The Morgan fingerprint density at radius 1 is 1.15 bits per heavy atom. The molecule has 3 aromatic rings. The van der Waals surface area contributed by atoms with E-state index in [2.05, 4.69) is 18.8 Å². The number of hydrogen-bond acceptors (Lipinski definition) is 5. The van der Waals surface area contributed by atoms with Crippen LogP contribution in [0.4, 0.5) is 10.3 Å². The van der Waals surface area contributed by atoms with Crippen LogP contribution in [-0.4, -0.2) is 24.4 Å². The highest BCUT2D eigenvalue weighted by molar-refractivity contribution is 5.93. The van der Waals surface area contributed by atoms with Crippen molar-refractivity contribution in [1.29, 1.82) is 0 Å². The Hall–Kier alpha value is -3.23. The second-order valence-corrected chi connectivity index (χ2v) is 10.1. The van der Waals surface area contributed by atoms with Crippen LogP contribution in [0.15, 0.2) is 39.0 Å². The van der Waals surface area contributed by atoms with E-state index in [0.717, 1.165) is 12.1 Å². The number of imidazole rings is 1. The van der Waals surface area contributed by atoms with Gasteiger partial charge in [-0.2, -0.15) is 10.1 Å². The van der Waals surface area contributed by atoms with Gasteiger partial charge >= 0.3 is 5.69 Å². The molecule has 9 heteroatoms. The zero-order valence-corrected chi connectivity index (χ0v) is 20.1. The van der Waals surface area contributed by atoms with Crippen LogP contribution < -0.4 is 16.3 Å². The van der Waals surface area contributed by atoms with Gasteiger partial charge in [-0.25, -0.2) is 14.2 Å². The maximum Gasteiger partial charge on any atom is 0.332 e. The van der Waals surface area contributed by atoms with E-state index in [1.165, 1.54) is 15.2 Å². The number of anilines is 1. The first-order valence-corrected chi connectivity index (χ1v) is 11.3. The van der Waals surface area contributed by atoms with Crippen molar-refractivity contribution in [2.45, 2.75) is 60.7 Å². The molecule has 0 radical (unpaired) electrons. The molecule has 8 nitrogen and oxygen atoms in total. The van der Waals surface area contributed by atoms with E-state index < -0.39 is 0 Å². The van der Waals surface area contributed by atoms with Crippen LogP contribution in [0.1, 0.15) is 46.6 Å². The van der Waals surface area contributed by atoms with Crippen LogP contribution in [0.2, 0.25) is 0 Å². The Labute approximate surface area is 192 Å². The third-order valence-electron chi connectivity index (χ3n) is 6.07. The van der Waals surface area contributed by atoms with Gasteiger partial charge in [-0.05, 0) is 18.4 Å². The lowest BCUT2D eigenvalue weighted by atomic mass is 9.89. The molecule has 0 aliphatic carbocycles. The molecule has 1 aliphatic rings. The maximum absolute atomic E-state index is 14.4. The van der Waals surface area contributed by atoms with Gasteiger partial charge in [-0.1, -0.05) is 52.8 Å². The number of nitrogens with zero attached hydrogens (tertiary/aromatic N) is 6. The second kappa shape index (κ2) is 8.28. The minimum atomic E-state index is -0.388. The summed E-state index contributed by atoms with van der Waals surface area (Å²) in [6.07, 6.45) is 0.718. The zero-order valence-electron chi connectivity index (χ0n) is 20.1. The van der Waals surface area contributed by atoms with E-state index in [1.54, 1.807) is 30.3 Å². The Balaban J connectivity index is 1.93. The average Bonchev–Trinajstić information content (AvgIpc) is 3.13. The molecule has 1 aromatic carbocycles. The number of hydrazone groups is 1. The number of aromatic nitrogens is 4. The molecule has 3 heterocycles. The highest BCUT2D eigenvalue weighted by Gasteiger charge is 2.32. The van der Waals surface area contributed by atoms with Crippen molar-refractivity contribution in [3.8, 4) is 0 Å². The molecular weight excluding hydrogens is 423 g/mol. The van der Waals surface area contributed by atoms with Crippen molar-refractivity contribution in [2.24, 2.45) is 23.5 Å². The predicted octanol–water partition coefficient (Wildman–Crippen LogP) is 3.50. The molecule has 0 bridgehead atoms. The fourth-order valence-corrected chi connectivity index (χ4v) is 3.94. The first kappa shape index (κ1) is 22.9. The monoisotopic (exact) mass is 454 g/mol.